The summed E-state index contributed by atoms with van der Waals surface area (Å²) >= 11 is 0. The molecule has 2 N–H and O–H groups in total. The molecule has 166 valence electrons. The van der Waals surface area contributed by atoms with Crippen LogP contribution in [0.15, 0.2) is 23.8 Å². The van der Waals surface area contributed by atoms with E-state index < -0.39 is 34.5 Å². The van der Waals surface area contributed by atoms with Crippen LogP contribution in [-0.4, -0.2) is 33.9 Å². The molecule has 0 amide bonds. The Bertz CT molecular complexity index is 829. The predicted octanol–water partition coefficient (Wildman–Crippen LogP) is 4.64. The second-order valence-electron chi connectivity index (χ2n) is 10.9. The van der Waals surface area contributed by atoms with Gasteiger partial charge in [0.1, 0.15) is 11.5 Å². The molecule has 5 nitrogen and oxygen atoms in total. The summed E-state index contributed by atoms with van der Waals surface area (Å²) in [5.74, 6) is -1.13. The Morgan fingerprint density at radius 1 is 1.17 bits per heavy atom. The summed E-state index contributed by atoms with van der Waals surface area (Å²) in [6.07, 6.45) is 7.16. The molecule has 4 fully saturated rings. The van der Waals surface area contributed by atoms with Crippen molar-refractivity contribution in [2.75, 3.05) is 0 Å². The molecule has 4 rings (SSSR count). The SMILES string of the molecule is C=C1C[C@@]23CC[C@@H]4[C@](C)(C(=O)O)C(OC(=O)/C(C)=C\C)CC[C@@]4(C)[C@]2(O)CCC1C3. The highest BCUT2D eigenvalue weighted by Gasteiger charge is 2.74. The Balaban J connectivity index is 1.73. The summed E-state index contributed by atoms with van der Waals surface area (Å²) in [5, 5.41) is 22.7. The van der Waals surface area contributed by atoms with Crippen molar-refractivity contribution in [2.24, 2.45) is 28.1 Å². The van der Waals surface area contributed by atoms with Gasteiger partial charge in [-0.05, 0) is 84.0 Å². The first-order valence-corrected chi connectivity index (χ1v) is 11.4. The van der Waals surface area contributed by atoms with Crippen LogP contribution in [0.1, 0.15) is 79.1 Å². The Hall–Kier alpha value is -1.62. The third-order valence-electron chi connectivity index (χ3n) is 9.92. The highest BCUT2D eigenvalue weighted by Crippen LogP contribution is 2.74. The summed E-state index contributed by atoms with van der Waals surface area (Å²) in [5.41, 5.74) is -1.07. The molecule has 2 bridgehead atoms. The van der Waals surface area contributed by atoms with E-state index in [1.54, 1.807) is 26.8 Å². The van der Waals surface area contributed by atoms with E-state index in [9.17, 15) is 19.8 Å². The lowest BCUT2D eigenvalue weighted by Gasteiger charge is -2.68. The number of carbonyl (C=O) groups excluding carboxylic acids is 1. The van der Waals surface area contributed by atoms with Crippen LogP contribution in [0.4, 0.5) is 0 Å². The first-order valence-electron chi connectivity index (χ1n) is 11.4. The van der Waals surface area contributed by atoms with E-state index in [1.165, 1.54) is 5.57 Å². The van der Waals surface area contributed by atoms with Crippen LogP contribution in [0.25, 0.3) is 0 Å². The predicted molar refractivity (Wildman–Crippen MR) is 114 cm³/mol. The second-order valence-corrected chi connectivity index (χ2v) is 10.9. The standard InChI is InChI=1S/C25H36O5/c1-6-15(2)20(26)30-19-9-10-22(4)18(23(19,5)21(27)28)8-11-24-13-16(3)17(14-24)7-12-25(22,24)29/h6,17-19,29H,3,7-14H2,1-2,4-5H3,(H,27,28)/b15-6-/t17?,18-,19?,22+,23-,24+,25+/m0/s1. The topological polar surface area (TPSA) is 83.8 Å². The highest BCUT2D eigenvalue weighted by molar-refractivity contribution is 5.88. The number of aliphatic carboxylic acids is 1. The van der Waals surface area contributed by atoms with Crippen molar-refractivity contribution in [3.8, 4) is 0 Å². The summed E-state index contributed by atoms with van der Waals surface area (Å²) in [6, 6.07) is 0. The van der Waals surface area contributed by atoms with Crippen molar-refractivity contribution in [1.29, 1.82) is 0 Å². The number of hydrogen-bond donors (Lipinski definition) is 2. The quantitative estimate of drug-likeness (QED) is 0.398. The fourth-order valence-corrected chi connectivity index (χ4v) is 7.96. The maximum Gasteiger partial charge on any atom is 0.333 e. The van der Waals surface area contributed by atoms with E-state index in [1.807, 2.05) is 0 Å². The molecular weight excluding hydrogens is 380 g/mol. The van der Waals surface area contributed by atoms with Gasteiger partial charge >= 0.3 is 11.9 Å². The number of hydrogen-bond acceptors (Lipinski definition) is 4. The number of rotatable bonds is 3. The van der Waals surface area contributed by atoms with Gasteiger partial charge in [-0.1, -0.05) is 25.2 Å². The van der Waals surface area contributed by atoms with Crippen molar-refractivity contribution >= 4 is 11.9 Å². The Kier molecular flexibility index (Phi) is 4.82. The first kappa shape index (κ1) is 21.6. The molecule has 5 heteroatoms. The largest absolute Gasteiger partial charge is 0.481 e. The molecule has 30 heavy (non-hydrogen) atoms. The average molecular weight is 417 g/mol. The molecule has 0 aromatic carbocycles. The molecule has 4 aliphatic carbocycles. The first-order chi connectivity index (χ1) is 13.9. The average Bonchev–Trinajstić information content (AvgIpc) is 2.97. The lowest BCUT2D eigenvalue weighted by molar-refractivity contribution is -0.276. The number of ether oxygens (including phenoxy) is 1. The highest BCUT2D eigenvalue weighted by atomic mass is 16.5. The van der Waals surface area contributed by atoms with Gasteiger partial charge < -0.3 is 14.9 Å². The summed E-state index contributed by atoms with van der Waals surface area (Å²) in [7, 11) is 0. The van der Waals surface area contributed by atoms with Crippen molar-refractivity contribution < 1.29 is 24.5 Å². The monoisotopic (exact) mass is 416 g/mol. The number of allylic oxidation sites excluding steroid dienone is 2. The lowest BCUT2D eigenvalue weighted by atomic mass is 9.38. The van der Waals surface area contributed by atoms with Gasteiger partial charge in [0.15, 0.2) is 0 Å². The smallest absolute Gasteiger partial charge is 0.333 e. The van der Waals surface area contributed by atoms with Crippen molar-refractivity contribution in [3.05, 3.63) is 23.8 Å². The van der Waals surface area contributed by atoms with Crippen LogP contribution >= 0.6 is 0 Å². The maximum atomic E-state index is 12.7. The van der Waals surface area contributed by atoms with Gasteiger partial charge in [-0.15, -0.1) is 0 Å². The minimum absolute atomic E-state index is 0.178. The number of fused-ring (bicyclic) bond motifs is 3. The second kappa shape index (κ2) is 6.69. The van der Waals surface area contributed by atoms with Crippen molar-refractivity contribution in [2.45, 2.75) is 90.8 Å². The molecule has 4 saturated carbocycles. The van der Waals surface area contributed by atoms with E-state index >= 15 is 0 Å². The number of carboxylic acids is 1. The maximum absolute atomic E-state index is 12.7. The van der Waals surface area contributed by atoms with Crippen molar-refractivity contribution in [3.63, 3.8) is 0 Å². The van der Waals surface area contributed by atoms with Gasteiger partial charge in [0, 0.05) is 16.4 Å². The van der Waals surface area contributed by atoms with E-state index in [0.717, 1.165) is 32.1 Å². The number of esters is 1. The Labute approximate surface area is 179 Å². The number of carbonyl (C=O) groups is 2. The van der Waals surface area contributed by atoms with Gasteiger partial charge in [-0.2, -0.15) is 0 Å². The minimum Gasteiger partial charge on any atom is -0.481 e. The zero-order chi connectivity index (χ0) is 22.1. The third-order valence-corrected chi connectivity index (χ3v) is 9.92. The van der Waals surface area contributed by atoms with Crippen LogP contribution in [0.2, 0.25) is 0 Å². The molecular formula is C25H36O5. The van der Waals surface area contributed by atoms with Crippen molar-refractivity contribution in [1.82, 2.24) is 0 Å². The van der Waals surface area contributed by atoms with Crippen LogP contribution in [0, 0.1) is 28.1 Å². The van der Waals surface area contributed by atoms with Gasteiger partial charge in [-0.3, -0.25) is 4.79 Å². The molecule has 0 radical (unpaired) electrons. The zero-order valence-corrected chi connectivity index (χ0v) is 18.8. The minimum atomic E-state index is -1.22. The van der Waals surface area contributed by atoms with Crippen LogP contribution < -0.4 is 0 Å². The van der Waals surface area contributed by atoms with Crippen LogP contribution in [0.3, 0.4) is 0 Å². The lowest BCUT2D eigenvalue weighted by Crippen LogP contribution is -2.71. The van der Waals surface area contributed by atoms with E-state index in [2.05, 4.69) is 13.5 Å². The molecule has 4 aliphatic rings. The normalized spacial score (nSPS) is 48.0. The van der Waals surface area contributed by atoms with Crippen LogP contribution in [0.5, 0.6) is 0 Å². The Morgan fingerprint density at radius 3 is 2.50 bits per heavy atom. The number of carboxylic acid groups (broad SMARTS) is 1. The Morgan fingerprint density at radius 2 is 1.87 bits per heavy atom. The van der Waals surface area contributed by atoms with Gasteiger partial charge in [0.25, 0.3) is 0 Å². The fraction of sp³-hybridized carbons (Fsp3) is 0.760. The zero-order valence-electron chi connectivity index (χ0n) is 18.8. The number of aliphatic hydroxyl groups is 1. The van der Waals surface area contributed by atoms with E-state index in [-0.39, 0.29) is 11.3 Å². The third kappa shape index (κ3) is 2.50. The fourth-order valence-electron chi connectivity index (χ4n) is 7.96. The molecule has 1 spiro atoms. The van der Waals surface area contributed by atoms with E-state index in [4.69, 9.17) is 4.74 Å². The molecule has 0 aliphatic heterocycles. The van der Waals surface area contributed by atoms with Crippen LogP contribution in [-0.2, 0) is 14.3 Å². The molecule has 0 heterocycles. The van der Waals surface area contributed by atoms with Gasteiger partial charge in [-0.25, -0.2) is 4.79 Å². The molecule has 0 saturated heterocycles. The van der Waals surface area contributed by atoms with Gasteiger partial charge in [0.05, 0.1) is 5.60 Å². The molecule has 0 aromatic heterocycles. The summed E-state index contributed by atoms with van der Waals surface area (Å²) in [4.78, 5) is 25.2. The van der Waals surface area contributed by atoms with E-state index in [0.29, 0.717) is 30.8 Å². The summed E-state index contributed by atoms with van der Waals surface area (Å²) < 4.78 is 5.78. The summed E-state index contributed by atoms with van der Waals surface area (Å²) in [6.45, 7) is 11.6. The molecule has 2 unspecified atom stereocenters. The van der Waals surface area contributed by atoms with Gasteiger partial charge in [0.2, 0.25) is 0 Å². The molecule has 0 aromatic rings. The molecule has 7 atom stereocenters.